The lowest BCUT2D eigenvalue weighted by molar-refractivity contribution is -0.161. The molecule has 0 heterocycles. The van der Waals surface area contributed by atoms with Crippen molar-refractivity contribution >= 4 is 19.8 Å². The second-order valence-corrected chi connectivity index (χ2v) is 12.8. The normalized spacial score (nSPS) is 13.5. The highest BCUT2D eigenvalue weighted by molar-refractivity contribution is 7.47. The van der Waals surface area contributed by atoms with Crippen LogP contribution < -0.4 is 0 Å². The zero-order valence-electron chi connectivity index (χ0n) is 26.9. The Kier molecular flexibility index (Phi) is 29.3. The zero-order valence-corrected chi connectivity index (χ0v) is 27.8. The van der Waals surface area contributed by atoms with Crippen LogP contribution >= 0.6 is 7.82 Å². The fraction of sp³-hybridized carbons (Fsp3) is 0.938. The number of rotatable bonds is 32. The van der Waals surface area contributed by atoms with Gasteiger partial charge in [0.1, 0.15) is 6.61 Å². The third kappa shape index (κ3) is 29.1. The van der Waals surface area contributed by atoms with Gasteiger partial charge in [-0.25, -0.2) is 4.57 Å². The standard InChI is InChI=1S/C32H63O9P/c1-3-5-7-9-11-13-15-17-19-21-23-25-31(34)38-27-30(28-39-42(36,37)40-29-33)41-32(35)26-24-22-20-18-16-14-12-10-8-6-4-2/h30,33H,3-29H2,1-2H3,(H,36,37)/t30-/m1/s1. The molecule has 0 bridgehead atoms. The second-order valence-electron chi connectivity index (χ2n) is 11.4. The number of aliphatic hydroxyl groups is 1. The smallest absolute Gasteiger partial charge is 0.462 e. The van der Waals surface area contributed by atoms with Crippen LogP contribution in [0.25, 0.3) is 0 Å². The van der Waals surface area contributed by atoms with Crippen LogP contribution in [0.15, 0.2) is 0 Å². The van der Waals surface area contributed by atoms with E-state index in [2.05, 4.69) is 18.4 Å². The van der Waals surface area contributed by atoms with Crippen molar-refractivity contribution in [1.29, 1.82) is 0 Å². The van der Waals surface area contributed by atoms with Crippen molar-refractivity contribution in [3.63, 3.8) is 0 Å². The van der Waals surface area contributed by atoms with Crippen LogP contribution in [0.2, 0.25) is 0 Å². The van der Waals surface area contributed by atoms with Gasteiger partial charge in [-0.2, -0.15) is 0 Å². The van der Waals surface area contributed by atoms with Crippen LogP contribution in [-0.2, 0) is 32.7 Å². The number of carbonyl (C=O) groups is 2. The number of hydrogen-bond acceptors (Lipinski definition) is 8. The minimum atomic E-state index is -4.51. The minimum absolute atomic E-state index is 0.212. The lowest BCUT2D eigenvalue weighted by Gasteiger charge is -2.19. The molecule has 0 spiro atoms. The van der Waals surface area contributed by atoms with Crippen molar-refractivity contribution in [2.45, 2.75) is 174 Å². The molecule has 0 amide bonds. The molecule has 0 fully saturated rings. The SMILES string of the molecule is CCCCCCCCCCCCCC(=O)OC[C@H](COP(=O)(O)OCO)OC(=O)CCCCCCCCCCCCC. The average Bonchev–Trinajstić information content (AvgIpc) is 2.96. The first kappa shape index (κ1) is 41.0. The molecule has 0 saturated heterocycles. The Morgan fingerprint density at radius 3 is 1.36 bits per heavy atom. The van der Waals surface area contributed by atoms with Crippen molar-refractivity contribution in [1.82, 2.24) is 0 Å². The number of ether oxygens (including phenoxy) is 2. The maximum atomic E-state index is 12.4. The molecule has 42 heavy (non-hydrogen) atoms. The summed E-state index contributed by atoms with van der Waals surface area (Å²) >= 11 is 0. The van der Waals surface area contributed by atoms with Gasteiger partial charge >= 0.3 is 19.8 Å². The second kappa shape index (κ2) is 30.1. The molecule has 10 heteroatoms. The number of phosphoric acid groups is 1. The Balaban J connectivity index is 4.18. The fourth-order valence-corrected chi connectivity index (χ4v) is 5.35. The first-order valence-electron chi connectivity index (χ1n) is 16.9. The molecule has 0 saturated carbocycles. The summed E-state index contributed by atoms with van der Waals surface area (Å²) in [5.74, 6) is -0.882. The van der Waals surface area contributed by atoms with Crippen LogP contribution in [0.1, 0.15) is 168 Å². The van der Waals surface area contributed by atoms with Crippen molar-refractivity contribution in [3.05, 3.63) is 0 Å². The van der Waals surface area contributed by atoms with E-state index in [1.807, 2.05) is 0 Å². The number of phosphoric ester groups is 1. The quantitative estimate of drug-likeness (QED) is 0.0327. The summed E-state index contributed by atoms with van der Waals surface area (Å²) in [7, 11) is -4.51. The number of carbonyl (C=O) groups excluding carboxylic acids is 2. The third-order valence-electron chi connectivity index (χ3n) is 7.34. The summed E-state index contributed by atoms with van der Waals surface area (Å²) in [5.41, 5.74) is 0. The third-order valence-corrected chi connectivity index (χ3v) is 8.26. The van der Waals surface area contributed by atoms with Crippen LogP contribution in [-0.4, -0.2) is 48.0 Å². The fourth-order valence-electron chi connectivity index (χ4n) is 4.77. The number of aliphatic hydroxyl groups excluding tert-OH is 1. The van der Waals surface area contributed by atoms with Crippen LogP contribution in [0.4, 0.5) is 0 Å². The summed E-state index contributed by atoms with van der Waals surface area (Å²) in [5, 5.41) is 8.73. The molecule has 0 aliphatic rings. The number of hydrogen-bond donors (Lipinski definition) is 2. The maximum absolute atomic E-state index is 12.4. The Morgan fingerprint density at radius 2 is 0.952 bits per heavy atom. The Morgan fingerprint density at radius 1 is 0.571 bits per heavy atom. The molecule has 9 nitrogen and oxygen atoms in total. The first-order valence-corrected chi connectivity index (χ1v) is 18.4. The van der Waals surface area contributed by atoms with Crippen LogP contribution in [0.3, 0.4) is 0 Å². The van der Waals surface area contributed by atoms with Gasteiger partial charge in [0, 0.05) is 12.8 Å². The van der Waals surface area contributed by atoms with Crippen LogP contribution in [0, 0.1) is 0 Å². The van der Waals surface area contributed by atoms with E-state index in [0.29, 0.717) is 6.42 Å². The van der Waals surface area contributed by atoms with E-state index < -0.39 is 39.3 Å². The molecule has 1 unspecified atom stereocenters. The van der Waals surface area contributed by atoms with Crippen molar-refractivity contribution < 1.29 is 42.7 Å². The van der Waals surface area contributed by atoms with Gasteiger partial charge in [0.05, 0.1) is 6.61 Å². The zero-order chi connectivity index (χ0) is 31.2. The van der Waals surface area contributed by atoms with E-state index in [1.165, 1.54) is 96.3 Å². The lowest BCUT2D eigenvalue weighted by atomic mass is 10.1. The maximum Gasteiger partial charge on any atom is 0.474 e. The average molecular weight is 623 g/mol. The summed E-state index contributed by atoms with van der Waals surface area (Å²) in [6.45, 7) is 2.68. The van der Waals surface area contributed by atoms with E-state index in [9.17, 15) is 19.0 Å². The van der Waals surface area contributed by atoms with Gasteiger partial charge < -0.3 is 19.5 Å². The molecule has 2 N–H and O–H groups in total. The topological polar surface area (TPSA) is 129 Å². The summed E-state index contributed by atoms with van der Waals surface area (Å²) in [6.07, 6.45) is 25.3. The summed E-state index contributed by atoms with van der Waals surface area (Å²) in [4.78, 5) is 34.2. The molecular formula is C32H63O9P. The Labute approximate surface area is 256 Å². The Hall–Kier alpha value is -0.990. The van der Waals surface area contributed by atoms with E-state index in [-0.39, 0.29) is 19.4 Å². The molecule has 2 atom stereocenters. The summed E-state index contributed by atoms with van der Waals surface area (Å²) < 4.78 is 31.5. The van der Waals surface area contributed by atoms with Gasteiger partial charge in [-0.15, -0.1) is 0 Å². The predicted octanol–water partition coefficient (Wildman–Crippen LogP) is 8.93. The van der Waals surface area contributed by atoms with Gasteiger partial charge in [-0.3, -0.25) is 18.6 Å². The van der Waals surface area contributed by atoms with E-state index in [1.54, 1.807) is 0 Å². The van der Waals surface area contributed by atoms with Gasteiger partial charge in [0.2, 0.25) is 0 Å². The molecule has 0 aromatic carbocycles. The monoisotopic (exact) mass is 622 g/mol. The van der Waals surface area contributed by atoms with E-state index in [4.69, 9.17) is 19.1 Å². The van der Waals surface area contributed by atoms with Crippen LogP contribution in [0.5, 0.6) is 0 Å². The molecular weight excluding hydrogens is 559 g/mol. The van der Waals surface area contributed by atoms with Crippen molar-refractivity contribution in [2.75, 3.05) is 20.0 Å². The number of unbranched alkanes of at least 4 members (excludes halogenated alkanes) is 20. The highest BCUT2D eigenvalue weighted by atomic mass is 31.2. The first-order chi connectivity index (χ1) is 20.3. The van der Waals surface area contributed by atoms with E-state index >= 15 is 0 Å². The highest BCUT2D eigenvalue weighted by Gasteiger charge is 2.25. The van der Waals surface area contributed by atoms with Crippen molar-refractivity contribution in [2.24, 2.45) is 0 Å². The molecule has 0 radical (unpaired) electrons. The largest absolute Gasteiger partial charge is 0.474 e. The highest BCUT2D eigenvalue weighted by Crippen LogP contribution is 2.42. The van der Waals surface area contributed by atoms with Gasteiger partial charge in [-0.05, 0) is 12.8 Å². The molecule has 0 aliphatic heterocycles. The molecule has 0 aromatic rings. The minimum Gasteiger partial charge on any atom is -0.462 e. The molecule has 0 aromatic heterocycles. The molecule has 250 valence electrons. The van der Waals surface area contributed by atoms with Crippen molar-refractivity contribution in [3.8, 4) is 0 Å². The Bertz CT molecular complexity index is 674. The predicted molar refractivity (Wildman–Crippen MR) is 167 cm³/mol. The van der Waals surface area contributed by atoms with E-state index in [0.717, 1.165) is 38.5 Å². The van der Waals surface area contributed by atoms with Gasteiger partial charge in [-0.1, -0.05) is 142 Å². The molecule has 0 rings (SSSR count). The molecule has 0 aliphatic carbocycles. The number of esters is 2. The van der Waals surface area contributed by atoms with Gasteiger partial charge in [0.25, 0.3) is 0 Å². The van der Waals surface area contributed by atoms with Gasteiger partial charge in [0.15, 0.2) is 12.9 Å². The summed E-state index contributed by atoms with van der Waals surface area (Å²) in [6, 6.07) is 0. The lowest BCUT2D eigenvalue weighted by Crippen LogP contribution is -2.29.